The molecule has 8 aromatic carbocycles. The lowest BCUT2D eigenvalue weighted by Gasteiger charge is -2.13. The fraction of sp³-hybridized carbons (Fsp3) is 0. The van der Waals surface area contributed by atoms with Crippen molar-refractivity contribution in [1.29, 1.82) is 0 Å². The van der Waals surface area contributed by atoms with Crippen LogP contribution in [0.1, 0.15) is 0 Å². The second kappa shape index (κ2) is 9.78. The number of fused-ring (bicyclic) bond motifs is 18. The standard InChI is InChI=1S/C49H28N4/c1-2-13-31-29(12-1)24-26-39-45-44-38-20-11-19-35-34-16-7-10-23-42(34)52(47(35)38)48(44)36-17-3-4-18-37(36)49(45)53(46(31)39)43-27-25-30(28-50-43)51-40-21-8-5-14-32(40)33-15-6-9-22-41(33)51/h1-28H. The minimum absolute atomic E-state index is 0.900. The number of aromatic nitrogens is 4. The Balaban J connectivity index is 1.21. The lowest BCUT2D eigenvalue weighted by atomic mass is 9.98. The third kappa shape index (κ3) is 3.34. The molecule has 5 aromatic heterocycles. The first-order valence-electron chi connectivity index (χ1n) is 18.2. The number of hydrogen-bond acceptors (Lipinski definition) is 1. The van der Waals surface area contributed by atoms with E-state index < -0.39 is 0 Å². The minimum Gasteiger partial charge on any atom is -0.308 e. The summed E-state index contributed by atoms with van der Waals surface area (Å²) in [6.07, 6.45) is 2.05. The molecule has 53 heavy (non-hydrogen) atoms. The van der Waals surface area contributed by atoms with Crippen molar-refractivity contribution in [3.63, 3.8) is 0 Å². The molecule has 0 saturated heterocycles. The molecule has 0 spiro atoms. The average molecular weight is 673 g/mol. The Hall–Kier alpha value is -7.17. The van der Waals surface area contributed by atoms with Crippen LogP contribution < -0.4 is 0 Å². The highest BCUT2D eigenvalue weighted by Gasteiger charge is 2.26. The number of rotatable bonds is 2. The average Bonchev–Trinajstić information content (AvgIpc) is 3.96. The summed E-state index contributed by atoms with van der Waals surface area (Å²) in [5.41, 5.74) is 9.57. The monoisotopic (exact) mass is 672 g/mol. The Morgan fingerprint density at radius 1 is 0.321 bits per heavy atom. The van der Waals surface area contributed by atoms with Gasteiger partial charge in [0.1, 0.15) is 5.82 Å². The van der Waals surface area contributed by atoms with Gasteiger partial charge in [0, 0.05) is 59.2 Å². The predicted octanol–water partition coefficient (Wildman–Crippen LogP) is 12.7. The first-order chi connectivity index (χ1) is 26.3. The van der Waals surface area contributed by atoms with Crippen LogP contribution in [0.15, 0.2) is 170 Å². The van der Waals surface area contributed by atoms with Crippen LogP contribution in [0, 0.1) is 0 Å². The largest absolute Gasteiger partial charge is 0.308 e. The van der Waals surface area contributed by atoms with E-state index in [0.717, 1.165) is 11.5 Å². The second-order valence-electron chi connectivity index (χ2n) is 14.3. The molecule has 0 aliphatic heterocycles. The number of benzene rings is 8. The van der Waals surface area contributed by atoms with E-state index in [-0.39, 0.29) is 0 Å². The third-order valence-corrected chi connectivity index (χ3v) is 11.8. The summed E-state index contributed by atoms with van der Waals surface area (Å²) in [4.78, 5) is 5.34. The number of hydrogen-bond donors (Lipinski definition) is 0. The van der Waals surface area contributed by atoms with E-state index in [4.69, 9.17) is 4.98 Å². The molecule has 0 aliphatic rings. The van der Waals surface area contributed by atoms with Crippen LogP contribution in [-0.4, -0.2) is 18.5 Å². The van der Waals surface area contributed by atoms with Crippen LogP contribution in [0.4, 0.5) is 0 Å². The van der Waals surface area contributed by atoms with Gasteiger partial charge in [-0.2, -0.15) is 0 Å². The molecule has 4 heteroatoms. The first-order valence-corrected chi connectivity index (χ1v) is 18.2. The number of para-hydroxylation sites is 4. The highest BCUT2D eigenvalue weighted by molar-refractivity contribution is 6.40. The van der Waals surface area contributed by atoms with E-state index in [9.17, 15) is 0 Å². The van der Waals surface area contributed by atoms with Crippen LogP contribution >= 0.6 is 0 Å². The summed E-state index contributed by atoms with van der Waals surface area (Å²) in [5.74, 6) is 0.900. The fourth-order valence-electron chi connectivity index (χ4n) is 9.73. The molecule has 0 atom stereocenters. The summed E-state index contributed by atoms with van der Waals surface area (Å²) >= 11 is 0. The van der Waals surface area contributed by atoms with Crippen LogP contribution in [0.5, 0.6) is 0 Å². The normalized spacial score (nSPS) is 12.5. The van der Waals surface area contributed by atoms with Crippen molar-refractivity contribution in [2.45, 2.75) is 0 Å². The van der Waals surface area contributed by atoms with Crippen LogP contribution in [0.3, 0.4) is 0 Å². The first kappa shape index (κ1) is 27.5. The Bertz CT molecular complexity index is 3620. The Kier molecular flexibility index (Phi) is 5.08. The van der Waals surface area contributed by atoms with Gasteiger partial charge < -0.3 is 8.97 Å². The summed E-state index contributed by atoms with van der Waals surface area (Å²) in [6, 6.07) is 59.8. The smallest absolute Gasteiger partial charge is 0.137 e. The van der Waals surface area contributed by atoms with Crippen molar-refractivity contribution in [1.82, 2.24) is 18.5 Å². The molecule has 0 fully saturated rings. The van der Waals surface area contributed by atoms with Gasteiger partial charge in [-0.1, -0.05) is 133 Å². The van der Waals surface area contributed by atoms with Crippen molar-refractivity contribution in [3.8, 4) is 11.5 Å². The molecule has 0 radical (unpaired) electrons. The Morgan fingerprint density at radius 2 is 0.849 bits per heavy atom. The quantitative estimate of drug-likeness (QED) is 0.180. The number of pyridine rings is 1. The van der Waals surface area contributed by atoms with Crippen molar-refractivity contribution >= 4 is 103 Å². The van der Waals surface area contributed by atoms with Crippen molar-refractivity contribution in [2.24, 2.45) is 0 Å². The maximum Gasteiger partial charge on any atom is 0.137 e. The summed E-state index contributed by atoms with van der Waals surface area (Å²) in [7, 11) is 0. The maximum absolute atomic E-state index is 5.34. The molecule has 0 saturated carbocycles. The van der Waals surface area contributed by atoms with E-state index in [0.29, 0.717) is 0 Å². The zero-order chi connectivity index (χ0) is 34.4. The molecule has 13 aromatic rings. The Labute approximate surface area is 302 Å². The summed E-state index contributed by atoms with van der Waals surface area (Å²) in [6.45, 7) is 0. The van der Waals surface area contributed by atoms with Crippen molar-refractivity contribution in [3.05, 3.63) is 170 Å². The van der Waals surface area contributed by atoms with Crippen LogP contribution in [-0.2, 0) is 0 Å². The zero-order valence-corrected chi connectivity index (χ0v) is 28.5. The molecule has 4 nitrogen and oxygen atoms in total. The highest BCUT2D eigenvalue weighted by Crippen LogP contribution is 2.49. The van der Waals surface area contributed by atoms with Gasteiger partial charge in [0.2, 0.25) is 0 Å². The molecular weight excluding hydrogens is 645 g/mol. The fourth-order valence-corrected chi connectivity index (χ4v) is 9.73. The van der Waals surface area contributed by atoms with E-state index in [1.807, 2.05) is 6.20 Å². The van der Waals surface area contributed by atoms with E-state index in [2.05, 4.69) is 177 Å². The maximum atomic E-state index is 5.34. The molecule has 5 heterocycles. The predicted molar refractivity (Wildman–Crippen MR) is 223 cm³/mol. The SMILES string of the molecule is c1ccc2c(c1)ccc1c3c4c5cccc6c7ccccc7n(c65)c4c4ccccc4c3n(-c3ccc(-n4c5ccccc5c5ccccc54)cn3)c21. The van der Waals surface area contributed by atoms with E-state index in [1.54, 1.807) is 0 Å². The molecule has 0 aliphatic carbocycles. The Morgan fingerprint density at radius 3 is 1.57 bits per heavy atom. The lowest BCUT2D eigenvalue weighted by Crippen LogP contribution is -2.01. The van der Waals surface area contributed by atoms with Crippen LogP contribution in [0.2, 0.25) is 0 Å². The van der Waals surface area contributed by atoms with Gasteiger partial charge >= 0.3 is 0 Å². The molecule has 13 rings (SSSR count). The van der Waals surface area contributed by atoms with Gasteiger partial charge in [0.15, 0.2) is 0 Å². The molecule has 0 amide bonds. The van der Waals surface area contributed by atoms with Gasteiger partial charge in [0.05, 0.1) is 50.5 Å². The minimum atomic E-state index is 0.900. The molecular formula is C49H28N4. The lowest BCUT2D eigenvalue weighted by molar-refractivity contribution is 1.06. The van der Waals surface area contributed by atoms with Gasteiger partial charge in [0.25, 0.3) is 0 Å². The van der Waals surface area contributed by atoms with E-state index >= 15 is 0 Å². The van der Waals surface area contributed by atoms with Gasteiger partial charge in [-0.3, -0.25) is 4.57 Å². The summed E-state index contributed by atoms with van der Waals surface area (Å²) in [5, 5.41) is 15.1. The molecule has 0 bridgehead atoms. The highest BCUT2D eigenvalue weighted by atomic mass is 15.1. The van der Waals surface area contributed by atoms with Crippen molar-refractivity contribution < 1.29 is 0 Å². The van der Waals surface area contributed by atoms with Gasteiger partial charge in [-0.25, -0.2) is 4.98 Å². The van der Waals surface area contributed by atoms with Gasteiger partial charge in [-0.05, 0) is 35.7 Å². The number of nitrogens with zero attached hydrogens (tertiary/aromatic N) is 4. The molecule has 244 valence electrons. The molecule has 0 N–H and O–H groups in total. The molecule has 0 unspecified atom stereocenters. The van der Waals surface area contributed by atoms with Crippen molar-refractivity contribution in [2.75, 3.05) is 0 Å². The van der Waals surface area contributed by atoms with Gasteiger partial charge in [-0.15, -0.1) is 0 Å². The third-order valence-electron chi connectivity index (χ3n) is 11.8. The zero-order valence-electron chi connectivity index (χ0n) is 28.5. The second-order valence-corrected chi connectivity index (χ2v) is 14.3. The van der Waals surface area contributed by atoms with E-state index in [1.165, 1.54) is 103 Å². The topological polar surface area (TPSA) is 27.2 Å². The summed E-state index contributed by atoms with van der Waals surface area (Å²) < 4.78 is 7.31. The van der Waals surface area contributed by atoms with Crippen LogP contribution in [0.25, 0.3) is 115 Å².